The van der Waals surface area contributed by atoms with Gasteiger partial charge in [-0.2, -0.15) is 5.10 Å². The van der Waals surface area contributed by atoms with Crippen LogP contribution in [0.3, 0.4) is 0 Å². The van der Waals surface area contributed by atoms with E-state index in [0.29, 0.717) is 17.1 Å². The molecule has 1 atom stereocenters. The highest BCUT2D eigenvalue weighted by Gasteiger charge is 2.30. The van der Waals surface area contributed by atoms with Gasteiger partial charge in [0.05, 0.1) is 11.4 Å². The zero-order valence-corrected chi connectivity index (χ0v) is 13.7. The lowest BCUT2D eigenvalue weighted by Crippen LogP contribution is -2.28. The zero-order chi connectivity index (χ0) is 16.4. The number of aromatic nitrogens is 2. The van der Waals surface area contributed by atoms with Crippen molar-refractivity contribution in [1.82, 2.24) is 9.78 Å². The fourth-order valence-electron chi connectivity index (χ4n) is 2.40. The third kappa shape index (κ3) is 3.37. The Balaban J connectivity index is 1.65. The largest absolute Gasteiger partial charge is 0.382 e. The predicted molar refractivity (Wildman–Crippen MR) is 88.7 cm³/mol. The molecule has 0 saturated carbocycles. The van der Waals surface area contributed by atoms with E-state index >= 15 is 0 Å². The average molecular weight is 333 g/mol. The summed E-state index contributed by atoms with van der Waals surface area (Å²) in [6.45, 7) is 4.73. The maximum absolute atomic E-state index is 12.3. The summed E-state index contributed by atoms with van der Waals surface area (Å²) in [6.07, 6.45) is 1.72. The molecule has 1 aromatic carbocycles. The Kier molecular flexibility index (Phi) is 4.34. The Labute approximate surface area is 139 Å². The smallest absolute Gasteiger partial charge is 0.268 e. The second-order valence-corrected chi connectivity index (χ2v) is 5.75. The van der Waals surface area contributed by atoms with Gasteiger partial charge in [0.1, 0.15) is 0 Å². The number of anilines is 1. The van der Waals surface area contributed by atoms with Gasteiger partial charge in [0.25, 0.3) is 5.91 Å². The van der Waals surface area contributed by atoms with Crippen molar-refractivity contribution in [3.8, 4) is 0 Å². The van der Waals surface area contributed by atoms with Gasteiger partial charge in [0.2, 0.25) is 6.10 Å². The van der Waals surface area contributed by atoms with Gasteiger partial charge in [-0.3, -0.25) is 9.48 Å². The van der Waals surface area contributed by atoms with Gasteiger partial charge in [0, 0.05) is 35.4 Å². The summed E-state index contributed by atoms with van der Waals surface area (Å²) in [5.74, 6) is -0.230. The van der Waals surface area contributed by atoms with Crippen molar-refractivity contribution in [2.24, 2.45) is 5.16 Å². The monoisotopic (exact) mass is 332 g/mol. The lowest BCUT2D eigenvalue weighted by molar-refractivity contribution is -0.125. The highest BCUT2D eigenvalue weighted by molar-refractivity contribution is 6.30. The number of nitrogens with zero attached hydrogens (tertiary/aromatic N) is 3. The Morgan fingerprint density at radius 3 is 2.83 bits per heavy atom. The van der Waals surface area contributed by atoms with E-state index < -0.39 is 6.10 Å². The van der Waals surface area contributed by atoms with Crippen molar-refractivity contribution >= 4 is 28.9 Å². The van der Waals surface area contributed by atoms with Crippen LogP contribution in [-0.2, 0) is 16.2 Å². The number of carbonyl (C=O) groups is 1. The maximum atomic E-state index is 12.3. The van der Waals surface area contributed by atoms with Crippen molar-refractivity contribution in [3.05, 3.63) is 46.7 Å². The molecule has 7 heteroatoms. The molecule has 6 nitrogen and oxygen atoms in total. The first-order chi connectivity index (χ1) is 11.1. The first-order valence-corrected chi connectivity index (χ1v) is 7.78. The first kappa shape index (κ1) is 15.6. The summed E-state index contributed by atoms with van der Waals surface area (Å²) >= 11 is 5.83. The zero-order valence-electron chi connectivity index (χ0n) is 12.9. The van der Waals surface area contributed by atoms with Gasteiger partial charge in [-0.1, -0.05) is 16.8 Å². The van der Waals surface area contributed by atoms with Gasteiger partial charge in [-0.25, -0.2) is 0 Å². The normalized spacial score (nSPS) is 16.8. The van der Waals surface area contributed by atoms with Crippen LogP contribution >= 0.6 is 11.6 Å². The van der Waals surface area contributed by atoms with Crippen molar-refractivity contribution in [3.63, 3.8) is 0 Å². The van der Waals surface area contributed by atoms with Crippen molar-refractivity contribution < 1.29 is 9.63 Å². The molecule has 1 aliphatic rings. The van der Waals surface area contributed by atoms with Crippen LogP contribution in [0.5, 0.6) is 0 Å². The molecule has 0 fully saturated rings. The Morgan fingerprint density at radius 1 is 1.43 bits per heavy atom. The molecule has 2 heterocycles. The van der Waals surface area contributed by atoms with Crippen molar-refractivity contribution in [2.75, 3.05) is 5.32 Å². The van der Waals surface area contributed by atoms with E-state index in [1.54, 1.807) is 24.3 Å². The van der Waals surface area contributed by atoms with Gasteiger partial charge in [-0.05, 0) is 38.1 Å². The van der Waals surface area contributed by atoms with Gasteiger partial charge >= 0.3 is 0 Å². The molecule has 0 aliphatic carbocycles. The van der Waals surface area contributed by atoms with Crippen molar-refractivity contribution in [1.29, 1.82) is 0 Å². The highest BCUT2D eigenvalue weighted by atomic mass is 35.5. The van der Waals surface area contributed by atoms with Gasteiger partial charge in [0.15, 0.2) is 0 Å². The van der Waals surface area contributed by atoms with E-state index in [0.717, 1.165) is 23.5 Å². The standard InChI is InChI=1S/C16H17ClN4O2/c1-3-21-9-13(10(2)19-21)14-8-15(23-20-14)16(22)18-12-6-4-11(17)5-7-12/h4-7,9,15H,3,8H2,1-2H3,(H,18,22). The van der Waals surface area contributed by atoms with Gasteiger partial charge < -0.3 is 10.2 Å². The van der Waals surface area contributed by atoms with Crippen LogP contribution < -0.4 is 5.32 Å². The summed E-state index contributed by atoms with van der Waals surface area (Å²) < 4.78 is 1.84. The molecule has 0 radical (unpaired) electrons. The second-order valence-electron chi connectivity index (χ2n) is 5.32. The number of oxime groups is 1. The summed E-state index contributed by atoms with van der Waals surface area (Å²) in [7, 11) is 0. The van der Waals surface area contributed by atoms with Gasteiger partial charge in [-0.15, -0.1) is 0 Å². The molecule has 0 saturated heterocycles. The summed E-state index contributed by atoms with van der Waals surface area (Å²) in [6, 6.07) is 6.92. The predicted octanol–water partition coefficient (Wildman–Crippen LogP) is 3.00. The first-order valence-electron chi connectivity index (χ1n) is 7.40. The van der Waals surface area contributed by atoms with Crippen LogP contribution in [0.25, 0.3) is 0 Å². The van der Waals surface area contributed by atoms with E-state index in [1.807, 2.05) is 24.7 Å². The van der Waals surface area contributed by atoms with Crippen LogP contribution in [-0.4, -0.2) is 27.5 Å². The molecule has 1 aliphatic heterocycles. The number of rotatable bonds is 4. The minimum absolute atomic E-state index is 0.230. The minimum atomic E-state index is -0.634. The lowest BCUT2D eigenvalue weighted by Gasteiger charge is -2.09. The molecule has 1 N–H and O–H groups in total. The van der Waals surface area contributed by atoms with E-state index in [9.17, 15) is 4.79 Å². The minimum Gasteiger partial charge on any atom is -0.382 e. The van der Waals surface area contributed by atoms with Crippen LogP contribution in [0, 0.1) is 6.92 Å². The Bertz CT molecular complexity index is 752. The Hall–Kier alpha value is -2.34. The number of hydrogen-bond donors (Lipinski definition) is 1. The molecule has 0 spiro atoms. The van der Waals surface area contributed by atoms with Crippen molar-refractivity contribution in [2.45, 2.75) is 32.9 Å². The fourth-order valence-corrected chi connectivity index (χ4v) is 2.52. The molecule has 1 aromatic heterocycles. The second kappa shape index (κ2) is 6.42. The number of nitrogens with one attached hydrogen (secondary N) is 1. The number of aryl methyl sites for hydroxylation is 2. The quantitative estimate of drug-likeness (QED) is 0.935. The van der Waals surface area contributed by atoms with Crippen LogP contribution in [0.1, 0.15) is 24.6 Å². The number of amides is 1. The summed E-state index contributed by atoms with van der Waals surface area (Å²) in [5.41, 5.74) is 3.23. The van der Waals surface area contributed by atoms with E-state index in [4.69, 9.17) is 16.4 Å². The number of hydrogen-bond acceptors (Lipinski definition) is 4. The SMILES string of the molecule is CCn1cc(C2=NOC(C(=O)Nc3ccc(Cl)cc3)C2)c(C)n1. The topological polar surface area (TPSA) is 68.5 Å². The average Bonchev–Trinajstić information content (AvgIpc) is 3.16. The lowest BCUT2D eigenvalue weighted by atomic mass is 10.1. The van der Waals surface area contributed by atoms with E-state index in [-0.39, 0.29) is 5.91 Å². The molecular formula is C16H17ClN4O2. The van der Waals surface area contributed by atoms with E-state index in [2.05, 4.69) is 15.6 Å². The molecule has 120 valence electrons. The highest BCUT2D eigenvalue weighted by Crippen LogP contribution is 2.21. The van der Waals surface area contributed by atoms with Crippen LogP contribution in [0.2, 0.25) is 5.02 Å². The maximum Gasteiger partial charge on any atom is 0.268 e. The fraction of sp³-hybridized carbons (Fsp3) is 0.312. The summed E-state index contributed by atoms with van der Waals surface area (Å²) in [5, 5.41) is 11.9. The molecule has 1 amide bonds. The molecule has 0 bridgehead atoms. The molecular weight excluding hydrogens is 316 g/mol. The van der Waals surface area contributed by atoms with E-state index in [1.165, 1.54) is 0 Å². The third-order valence-electron chi connectivity index (χ3n) is 3.65. The Morgan fingerprint density at radius 2 is 2.17 bits per heavy atom. The third-order valence-corrected chi connectivity index (χ3v) is 3.91. The van der Waals surface area contributed by atoms with Crippen LogP contribution in [0.4, 0.5) is 5.69 Å². The number of carbonyl (C=O) groups excluding carboxylic acids is 1. The molecule has 1 unspecified atom stereocenters. The summed E-state index contributed by atoms with van der Waals surface area (Å²) in [4.78, 5) is 17.5. The molecule has 23 heavy (non-hydrogen) atoms. The molecule has 3 rings (SSSR count). The number of benzene rings is 1. The molecule has 2 aromatic rings. The number of halogens is 1. The van der Waals surface area contributed by atoms with Crippen LogP contribution in [0.15, 0.2) is 35.6 Å².